The minimum Gasteiger partial charge on any atom is -0.255 e. The highest BCUT2D eigenvalue weighted by molar-refractivity contribution is 6.64. The van der Waals surface area contributed by atoms with E-state index in [1.54, 1.807) is 6.08 Å². The van der Waals surface area contributed by atoms with Crippen LogP contribution in [0.3, 0.4) is 0 Å². The van der Waals surface area contributed by atoms with Gasteiger partial charge in [0.15, 0.2) is 0 Å². The Kier molecular flexibility index (Phi) is 4.30. The van der Waals surface area contributed by atoms with Gasteiger partial charge in [0.05, 0.1) is 13.1 Å². The van der Waals surface area contributed by atoms with Crippen LogP contribution in [0.25, 0.3) is 6.08 Å². The molecule has 0 aromatic heterocycles. The zero-order valence-corrected chi connectivity index (χ0v) is 10.8. The molecule has 1 saturated heterocycles. The van der Waals surface area contributed by atoms with E-state index in [2.05, 4.69) is 5.10 Å². The zero-order valence-electron chi connectivity index (χ0n) is 10.1. The molecular formula is C13H12ClN3O2. The van der Waals surface area contributed by atoms with Crippen LogP contribution in [0.5, 0.6) is 0 Å². The lowest BCUT2D eigenvalue weighted by Gasteiger charge is -2.09. The van der Waals surface area contributed by atoms with Gasteiger partial charge in [-0.15, -0.1) is 0 Å². The van der Waals surface area contributed by atoms with Crippen LogP contribution >= 0.6 is 11.6 Å². The largest absolute Gasteiger partial charge is 0.348 e. The number of carbonyl (C=O) groups excluding carboxylic acids is 2. The topological polar surface area (TPSA) is 53.0 Å². The van der Waals surface area contributed by atoms with Crippen molar-refractivity contribution in [2.75, 3.05) is 13.1 Å². The van der Waals surface area contributed by atoms with E-state index < -0.39 is 11.4 Å². The molecule has 1 aliphatic heterocycles. The summed E-state index contributed by atoms with van der Waals surface area (Å²) >= 11 is 5.26. The maximum atomic E-state index is 11.6. The highest BCUT2D eigenvalue weighted by Crippen LogP contribution is 2.11. The first-order valence-electron chi connectivity index (χ1n) is 5.72. The molecule has 6 heteroatoms. The number of hydrogen-bond donors (Lipinski definition) is 0. The van der Waals surface area contributed by atoms with Crippen molar-refractivity contribution in [1.29, 1.82) is 0 Å². The SMILES string of the molecule is O=C(Cl)N1CCN(N=C/C=C/c2ccccc2)C1=O. The maximum Gasteiger partial charge on any atom is 0.348 e. The molecule has 19 heavy (non-hydrogen) atoms. The van der Waals surface area contributed by atoms with Crippen LogP contribution in [0, 0.1) is 0 Å². The number of urea groups is 1. The lowest BCUT2D eigenvalue weighted by Crippen LogP contribution is -2.30. The summed E-state index contributed by atoms with van der Waals surface area (Å²) in [6, 6.07) is 9.23. The number of rotatable bonds is 3. The van der Waals surface area contributed by atoms with Gasteiger partial charge in [-0.1, -0.05) is 36.4 Å². The summed E-state index contributed by atoms with van der Waals surface area (Å²) in [5.74, 6) is 0. The van der Waals surface area contributed by atoms with Gasteiger partial charge in [0.1, 0.15) is 0 Å². The van der Waals surface area contributed by atoms with Crippen LogP contribution in [0.4, 0.5) is 9.59 Å². The van der Waals surface area contributed by atoms with Gasteiger partial charge in [-0.25, -0.2) is 14.7 Å². The van der Waals surface area contributed by atoms with Gasteiger partial charge in [-0.2, -0.15) is 5.10 Å². The van der Waals surface area contributed by atoms with Crippen molar-refractivity contribution >= 4 is 35.3 Å². The second kappa shape index (κ2) is 6.15. The van der Waals surface area contributed by atoms with Crippen LogP contribution in [-0.4, -0.2) is 40.6 Å². The van der Waals surface area contributed by atoms with E-state index in [-0.39, 0.29) is 6.54 Å². The van der Waals surface area contributed by atoms with E-state index in [1.165, 1.54) is 11.2 Å². The van der Waals surface area contributed by atoms with Crippen molar-refractivity contribution in [2.24, 2.45) is 5.10 Å². The first kappa shape index (κ1) is 13.3. The first-order chi connectivity index (χ1) is 9.18. The number of allylic oxidation sites excluding steroid dienone is 1. The van der Waals surface area contributed by atoms with E-state index >= 15 is 0 Å². The normalized spacial score (nSPS) is 15.9. The number of imide groups is 1. The molecule has 98 valence electrons. The fourth-order valence-corrected chi connectivity index (χ4v) is 1.79. The van der Waals surface area contributed by atoms with Gasteiger partial charge in [0, 0.05) is 6.21 Å². The van der Waals surface area contributed by atoms with Gasteiger partial charge in [0.2, 0.25) is 0 Å². The van der Waals surface area contributed by atoms with E-state index in [4.69, 9.17) is 11.6 Å². The summed E-state index contributed by atoms with van der Waals surface area (Å²) in [4.78, 5) is 23.5. The van der Waals surface area contributed by atoms with Crippen molar-refractivity contribution in [3.8, 4) is 0 Å². The van der Waals surface area contributed by atoms with Crippen LogP contribution in [0.15, 0.2) is 41.5 Å². The van der Waals surface area contributed by atoms with Gasteiger partial charge in [-0.05, 0) is 23.2 Å². The third kappa shape index (κ3) is 3.42. The van der Waals surface area contributed by atoms with E-state index in [0.29, 0.717) is 6.54 Å². The molecule has 3 amide bonds. The molecule has 0 aliphatic carbocycles. The minimum absolute atomic E-state index is 0.265. The van der Waals surface area contributed by atoms with Crippen LogP contribution in [0.2, 0.25) is 0 Å². The summed E-state index contributed by atoms with van der Waals surface area (Å²) in [6.45, 7) is 0.619. The molecule has 0 saturated carbocycles. The molecule has 0 bridgehead atoms. The van der Waals surface area contributed by atoms with Crippen molar-refractivity contribution in [1.82, 2.24) is 9.91 Å². The summed E-state index contributed by atoms with van der Waals surface area (Å²) in [6.07, 6.45) is 5.11. The van der Waals surface area contributed by atoms with Gasteiger partial charge >= 0.3 is 11.4 Å². The predicted molar refractivity (Wildman–Crippen MR) is 74.0 cm³/mol. The summed E-state index contributed by atoms with van der Waals surface area (Å²) in [5, 5.41) is 4.40. The molecule has 0 spiro atoms. The smallest absolute Gasteiger partial charge is 0.255 e. The number of halogens is 1. The number of hydrogen-bond acceptors (Lipinski definition) is 3. The lowest BCUT2D eigenvalue weighted by atomic mass is 10.2. The Bertz CT molecular complexity index is 528. The molecular weight excluding hydrogens is 266 g/mol. The molecule has 1 aromatic carbocycles. The fraction of sp³-hybridized carbons (Fsp3) is 0.154. The van der Waals surface area contributed by atoms with Crippen LogP contribution in [0.1, 0.15) is 5.56 Å². The molecule has 1 aromatic rings. The highest BCUT2D eigenvalue weighted by Gasteiger charge is 2.31. The molecule has 1 fully saturated rings. The number of benzene rings is 1. The third-order valence-electron chi connectivity index (χ3n) is 2.58. The van der Waals surface area contributed by atoms with Crippen molar-refractivity contribution in [3.05, 3.63) is 42.0 Å². The molecule has 1 heterocycles. The Hall–Kier alpha value is -2.14. The number of hydrazone groups is 1. The van der Waals surface area contributed by atoms with Crippen molar-refractivity contribution in [2.45, 2.75) is 0 Å². The van der Waals surface area contributed by atoms with Crippen molar-refractivity contribution in [3.63, 3.8) is 0 Å². The molecule has 0 unspecified atom stereocenters. The Balaban J connectivity index is 1.92. The quantitative estimate of drug-likeness (QED) is 0.485. The third-order valence-corrected chi connectivity index (χ3v) is 2.78. The predicted octanol–water partition coefficient (Wildman–Crippen LogP) is 2.78. The van der Waals surface area contributed by atoms with Gasteiger partial charge in [-0.3, -0.25) is 4.79 Å². The van der Waals surface area contributed by atoms with Gasteiger partial charge < -0.3 is 0 Å². The van der Waals surface area contributed by atoms with Crippen LogP contribution < -0.4 is 0 Å². The molecule has 0 radical (unpaired) electrons. The zero-order chi connectivity index (χ0) is 13.7. The first-order valence-corrected chi connectivity index (χ1v) is 6.10. The maximum absolute atomic E-state index is 11.6. The summed E-state index contributed by atoms with van der Waals surface area (Å²) in [5.41, 5.74) is 1.04. The Morgan fingerprint density at radius 2 is 2.00 bits per heavy atom. The number of carbonyl (C=O) groups is 2. The fourth-order valence-electron chi connectivity index (χ4n) is 1.63. The molecule has 0 N–H and O–H groups in total. The monoisotopic (exact) mass is 277 g/mol. The van der Waals surface area contributed by atoms with Crippen LogP contribution in [-0.2, 0) is 0 Å². The van der Waals surface area contributed by atoms with E-state index in [9.17, 15) is 9.59 Å². The van der Waals surface area contributed by atoms with E-state index in [1.807, 2.05) is 36.4 Å². The minimum atomic E-state index is -0.775. The Labute approximate surface area is 115 Å². The van der Waals surface area contributed by atoms with E-state index in [0.717, 1.165) is 10.5 Å². The molecule has 1 aliphatic rings. The number of amides is 3. The summed E-state index contributed by atoms with van der Waals surface area (Å²) < 4.78 is 0. The van der Waals surface area contributed by atoms with Gasteiger partial charge in [0.25, 0.3) is 0 Å². The lowest BCUT2D eigenvalue weighted by molar-refractivity contribution is 0.195. The Morgan fingerprint density at radius 1 is 1.26 bits per heavy atom. The molecule has 5 nitrogen and oxygen atoms in total. The van der Waals surface area contributed by atoms with Crippen molar-refractivity contribution < 1.29 is 9.59 Å². The molecule has 2 rings (SSSR count). The standard InChI is InChI=1S/C13H12ClN3O2/c14-12(18)16-9-10-17(13(16)19)15-8-4-7-11-5-2-1-3-6-11/h1-8H,9-10H2/b7-4+,15-8?. The second-order valence-electron chi connectivity index (χ2n) is 3.84. The molecule has 0 atom stereocenters. The number of nitrogens with zero attached hydrogens (tertiary/aromatic N) is 3. The second-order valence-corrected chi connectivity index (χ2v) is 4.17. The Morgan fingerprint density at radius 3 is 2.63 bits per heavy atom. The average molecular weight is 278 g/mol. The highest BCUT2D eigenvalue weighted by atomic mass is 35.5. The average Bonchev–Trinajstić information content (AvgIpc) is 2.77. The summed E-state index contributed by atoms with van der Waals surface area (Å²) in [7, 11) is 0.